The highest BCUT2D eigenvalue weighted by molar-refractivity contribution is 5.89. The fraction of sp³-hybridized carbons (Fsp3) is 0.367. The maximum atomic E-state index is 13.2. The molecule has 2 aliphatic rings. The van der Waals surface area contributed by atoms with E-state index in [9.17, 15) is 19.5 Å². The summed E-state index contributed by atoms with van der Waals surface area (Å²) < 4.78 is 23.4. The SMILES string of the molecule is CC(=O)OC(C)[C@@H]1C[C@H](OC(=O)c2ccc(C#N)cc2)[C@@]2(C)Oc3cc(-c4cccnc4)oc(=O)c3[C@@H](O)[C@@H]2C1. The van der Waals surface area contributed by atoms with E-state index in [1.807, 2.05) is 6.07 Å². The van der Waals surface area contributed by atoms with Crippen molar-refractivity contribution in [3.05, 3.63) is 82.0 Å². The molecular formula is C30H28N2O8. The number of fused-ring (bicyclic) bond motifs is 2. The molecule has 10 nitrogen and oxygen atoms in total. The molecule has 0 amide bonds. The normalized spacial score (nSPS) is 25.8. The van der Waals surface area contributed by atoms with E-state index in [0.29, 0.717) is 17.5 Å². The maximum absolute atomic E-state index is 13.2. The minimum atomic E-state index is -1.30. The Kier molecular flexibility index (Phi) is 7.17. The second-order valence-electron chi connectivity index (χ2n) is 10.4. The first-order valence-electron chi connectivity index (χ1n) is 12.9. The summed E-state index contributed by atoms with van der Waals surface area (Å²) in [6, 6.07) is 13.0. The zero-order valence-electron chi connectivity index (χ0n) is 22.2. The van der Waals surface area contributed by atoms with E-state index < -0.39 is 47.4 Å². The number of ether oxygens (including phenoxy) is 3. The van der Waals surface area contributed by atoms with Crippen molar-refractivity contribution in [2.75, 3.05) is 0 Å². The van der Waals surface area contributed by atoms with E-state index in [1.165, 1.54) is 43.5 Å². The van der Waals surface area contributed by atoms with Crippen LogP contribution in [-0.4, -0.2) is 39.8 Å². The van der Waals surface area contributed by atoms with Gasteiger partial charge in [0, 0.05) is 36.9 Å². The predicted molar refractivity (Wildman–Crippen MR) is 140 cm³/mol. The molecule has 1 aliphatic carbocycles. The first-order chi connectivity index (χ1) is 19.1. The van der Waals surface area contributed by atoms with Crippen molar-refractivity contribution in [1.29, 1.82) is 5.26 Å². The molecule has 2 aromatic heterocycles. The fourth-order valence-corrected chi connectivity index (χ4v) is 5.69. The van der Waals surface area contributed by atoms with Crippen molar-refractivity contribution in [3.8, 4) is 23.1 Å². The Labute approximate surface area is 230 Å². The largest absolute Gasteiger partial charge is 0.482 e. The van der Waals surface area contributed by atoms with Crippen LogP contribution in [0.4, 0.5) is 0 Å². The lowest BCUT2D eigenvalue weighted by atomic mass is 9.64. The number of nitriles is 1. The van der Waals surface area contributed by atoms with Gasteiger partial charge in [0.05, 0.1) is 23.3 Å². The molecule has 1 aromatic carbocycles. The molecule has 1 saturated carbocycles. The topological polar surface area (TPSA) is 149 Å². The van der Waals surface area contributed by atoms with Gasteiger partial charge in [-0.1, -0.05) is 0 Å². The summed E-state index contributed by atoms with van der Waals surface area (Å²) in [7, 11) is 0. The summed E-state index contributed by atoms with van der Waals surface area (Å²) in [6.45, 7) is 4.80. The zero-order valence-corrected chi connectivity index (χ0v) is 22.2. The van der Waals surface area contributed by atoms with Crippen LogP contribution in [0.25, 0.3) is 11.3 Å². The molecule has 10 heteroatoms. The number of nitrogens with zero attached hydrogens (tertiary/aromatic N) is 2. The minimum absolute atomic E-state index is 0.0203. The summed E-state index contributed by atoms with van der Waals surface area (Å²) in [5.41, 5.74) is -0.808. The Morgan fingerprint density at radius 2 is 1.98 bits per heavy atom. The van der Waals surface area contributed by atoms with Gasteiger partial charge in [0.1, 0.15) is 34.9 Å². The highest BCUT2D eigenvalue weighted by atomic mass is 16.6. The lowest BCUT2D eigenvalue weighted by Crippen LogP contribution is -2.61. The van der Waals surface area contributed by atoms with E-state index in [2.05, 4.69) is 4.98 Å². The van der Waals surface area contributed by atoms with Gasteiger partial charge in [0.25, 0.3) is 0 Å². The molecule has 1 fully saturated rings. The Balaban J connectivity index is 1.54. The third-order valence-electron chi connectivity index (χ3n) is 7.87. The molecule has 5 rings (SSSR count). The average Bonchev–Trinajstić information content (AvgIpc) is 2.93. The number of aliphatic hydroxyl groups is 1. The monoisotopic (exact) mass is 544 g/mol. The van der Waals surface area contributed by atoms with Crippen molar-refractivity contribution >= 4 is 11.9 Å². The molecule has 1 unspecified atom stereocenters. The van der Waals surface area contributed by atoms with Crippen LogP contribution in [0.3, 0.4) is 0 Å². The molecule has 0 saturated heterocycles. The third-order valence-corrected chi connectivity index (χ3v) is 7.87. The van der Waals surface area contributed by atoms with Crippen LogP contribution in [0.15, 0.2) is 64.1 Å². The molecule has 0 spiro atoms. The summed E-state index contributed by atoms with van der Waals surface area (Å²) in [5, 5.41) is 20.6. The highest BCUT2D eigenvalue weighted by Gasteiger charge is 2.58. The molecule has 0 radical (unpaired) electrons. The standard InChI is InChI=1S/C30H28N2O8/c1-16(37-17(2)33)21-11-22-27(34)26-24(13-23(38-29(26)36)20-5-4-10-32-15-20)40-30(22,3)25(12-21)39-28(35)19-8-6-18(14-31)7-9-19/h4-10,13,15-16,21-22,25,27,34H,11-12H2,1-3H3/t16?,21-,22-,25-,27-,30-/m0/s1. The quantitative estimate of drug-likeness (QED) is 0.468. The molecule has 40 heavy (non-hydrogen) atoms. The van der Waals surface area contributed by atoms with Gasteiger partial charge in [0.15, 0.2) is 0 Å². The second-order valence-corrected chi connectivity index (χ2v) is 10.4. The van der Waals surface area contributed by atoms with Crippen LogP contribution in [0, 0.1) is 23.2 Å². The minimum Gasteiger partial charge on any atom is -0.482 e. The van der Waals surface area contributed by atoms with Crippen LogP contribution >= 0.6 is 0 Å². The van der Waals surface area contributed by atoms with Crippen molar-refractivity contribution in [1.82, 2.24) is 4.98 Å². The molecule has 1 aliphatic heterocycles. The van der Waals surface area contributed by atoms with E-state index in [0.717, 1.165) is 0 Å². The highest BCUT2D eigenvalue weighted by Crippen LogP contribution is 2.53. The Morgan fingerprint density at radius 3 is 2.62 bits per heavy atom. The van der Waals surface area contributed by atoms with E-state index in [-0.39, 0.29) is 35.0 Å². The van der Waals surface area contributed by atoms with Gasteiger partial charge >= 0.3 is 17.6 Å². The Hall–Kier alpha value is -4.49. The van der Waals surface area contributed by atoms with Gasteiger partial charge in [-0.15, -0.1) is 0 Å². The number of aromatic nitrogens is 1. The number of carbonyl (C=O) groups excluding carboxylic acids is 2. The number of benzene rings is 1. The first-order valence-corrected chi connectivity index (χ1v) is 12.9. The van der Waals surface area contributed by atoms with Gasteiger partial charge in [-0.25, -0.2) is 9.59 Å². The van der Waals surface area contributed by atoms with Gasteiger partial charge in [-0.3, -0.25) is 9.78 Å². The smallest absolute Gasteiger partial charge is 0.345 e. The Morgan fingerprint density at radius 1 is 1.23 bits per heavy atom. The average molecular weight is 545 g/mol. The lowest BCUT2D eigenvalue weighted by molar-refractivity contribution is -0.180. The number of carbonyl (C=O) groups is 2. The molecule has 3 aromatic rings. The number of hydrogen-bond donors (Lipinski definition) is 1. The number of pyridine rings is 1. The summed E-state index contributed by atoms with van der Waals surface area (Å²) in [6.07, 6.45) is 1.02. The van der Waals surface area contributed by atoms with Crippen molar-refractivity contribution < 1.29 is 33.3 Å². The Bertz CT molecular complexity index is 1530. The van der Waals surface area contributed by atoms with E-state index in [1.54, 1.807) is 32.2 Å². The van der Waals surface area contributed by atoms with Crippen LogP contribution in [0.2, 0.25) is 0 Å². The van der Waals surface area contributed by atoms with Crippen molar-refractivity contribution in [2.45, 2.75) is 57.5 Å². The molecule has 6 atom stereocenters. The summed E-state index contributed by atoms with van der Waals surface area (Å²) >= 11 is 0. The second kappa shape index (κ2) is 10.6. The van der Waals surface area contributed by atoms with Gasteiger partial charge in [-0.05, 0) is 69.0 Å². The number of esters is 2. The molecule has 3 heterocycles. The summed E-state index contributed by atoms with van der Waals surface area (Å²) in [5.74, 6) is -1.74. The predicted octanol–water partition coefficient (Wildman–Crippen LogP) is 3.96. The third kappa shape index (κ3) is 4.96. The van der Waals surface area contributed by atoms with Gasteiger partial charge in [0.2, 0.25) is 0 Å². The van der Waals surface area contributed by atoms with Gasteiger partial charge < -0.3 is 23.7 Å². The number of aliphatic hydroxyl groups excluding tert-OH is 1. The molecular weight excluding hydrogens is 516 g/mol. The molecule has 1 N–H and O–H groups in total. The first kappa shape index (κ1) is 27.1. The number of hydrogen-bond acceptors (Lipinski definition) is 10. The van der Waals surface area contributed by atoms with Gasteiger partial charge in [-0.2, -0.15) is 5.26 Å². The molecule has 0 bridgehead atoms. The maximum Gasteiger partial charge on any atom is 0.345 e. The van der Waals surface area contributed by atoms with E-state index >= 15 is 0 Å². The van der Waals surface area contributed by atoms with Crippen LogP contribution in [0.1, 0.15) is 61.2 Å². The van der Waals surface area contributed by atoms with Crippen LogP contribution < -0.4 is 10.4 Å². The fourth-order valence-electron chi connectivity index (χ4n) is 5.69. The number of rotatable bonds is 5. The van der Waals surface area contributed by atoms with Crippen LogP contribution in [-0.2, 0) is 14.3 Å². The zero-order chi connectivity index (χ0) is 28.6. The van der Waals surface area contributed by atoms with E-state index in [4.69, 9.17) is 23.9 Å². The van der Waals surface area contributed by atoms with Crippen molar-refractivity contribution in [2.24, 2.45) is 11.8 Å². The van der Waals surface area contributed by atoms with Crippen LogP contribution in [0.5, 0.6) is 5.75 Å². The van der Waals surface area contributed by atoms with Crippen molar-refractivity contribution in [3.63, 3.8) is 0 Å². The lowest BCUT2D eigenvalue weighted by Gasteiger charge is -2.53. The summed E-state index contributed by atoms with van der Waals surface area (Å²) in [4.78, 5) is 42.1. The molecule has 206 valence electrons.